The minimum absolute atomic E-state index is 0.218. The highest BCUT2D eigenvalue weighted by Gasteiger charge is 2.43. The SMILES string of the molecule is O=C(NC1(C(=O)O)CCSC1)c1cc([N+](=O)[O-])cnc1Cl. The van der Waals surface area contributed by atoms with E-state index in [0.717, 1.165) is 12.3 Å². The van der Waals surface area contributed by atoms with Crippen molar-refractivity contribution in [2.45, 2.75) is 12.0 Å². The molecule has 1 aliphatic heterocycles. The number of rotatable bonds is 4. The third-order valence-corrected chi connectivity index (χ3v) is 4.55. The second kappa shape index (κ2) is 5.86. The van der Waals surface area contributed by atoms with Gasteiger partial charge in [-0.3, -0.25) is 14.9 Å². The number of nitrogens with one attached hydrogen (secondary N) is 1. The Morgan fingerprint density at radius 3 is 2.81 bits per heavy atom. The number of nitrogens with zero attached hydrogens (tertiary/aromatic N) is 2. The maximum atomic E-state index is 12.2. The largest absolute Gasteiger partial charge is 0.479 e. The second-order valence-electron chi connectivity index (χ2n) is 4.43. The number of halogens is 1. The van der Waals surface area contributed by atoms with E-state index in [-0.39, 0.29) is 22.9 Å². The Morgan fingerprint density at radius 2 is 2.29 bits per heavy atom. The lowest BCUT2D eigenvalue weighted by atomic mass is 9.98. The van der Waals surface area contributed by atoms with E-state index in [0.29, 0.717) is 5.75 Å². The topological polar surface area (TPSA) is 122 Å². The van der Waals surface area contributed by atoms with E-state index in [1.54, 1.807) is 0 Å². The van der Waals surface area contributed by atoms with E-state index < -0.39 is 28.0 Å². The fourth-order valence-electron chi connectivity index (χ4n) is 1.87. The molecular formula is C11H10ClN3O5S. The summed E-state index contributed by atoms with van der Waals surface area (Å²) in [6, 6.07) is 0.975. The number of carbonyl (C=O) groups is 2. The van der Waals surface area contributed by atoms with Gasteiger partial charge < -0.3 is 10.4 Å². The zero-order chi connectivity index (χ0) is 15.6. The summed E-state index contributed by atoms with van der Waals surface area (Å²) >= 11 is 7.17. The number of carboxylic acids is 1. The fourth-order valence-corrected chi connectivity index (χ4v) is 3.38. The molecule has 2 rings (SSSR count). The molecule has 1 saturated heterocycles. The van der Waals surface area contributed by atoms with Gasteiger partial charge >= 0.3 is 5.97 Å². The average molecular weight is 332 g/mol. The first-order valence-corrected chi connectivity index (χ1v) is 7.32. The molecule has 1 aromatic rings. The zero-order valence-corrected chi connectivity index (χ0v) is 12.1. The van der Waals surface area contributed by atoms with E-state index >= 15 is 0 Å². The van der Waals surface area contributed by atoms with Gasteiger partial charge in [-0.1, -0.05) is 11.6 Å². The molecular weight excluding hydrogens is 322 g/mol. The van der Waals surface area contributed by atoms with Crippen LogP contribution >= 0.6 is 23.4 Å². The maximum absolute atomic E-state index is 12.2. The van der Waals surface area contributed by atoms with Gasteiger partial charge in [0.05, 0.1) is 10.5 Å². The molecule has 2 N–H and O–H groups in total. The van der Waals surface area contributed by atoms with Crippen LogP contribution in [0.5, 0.6) is 0 Å². The van der Waals surface area contributed by atoms with Crippen LogP contribution in [0, 0.1) is 10.1 Å². The van der Waals surface area contributed by atoms with Crippen molar-refractivity contribution in [3.63, 3.8) is 0 Å². The Bertz CT molecular complexity index is 618. The third kappa shape index (κ3) is 3.08. The van der Waals surface area contributed by atoms with Crippen molar-refractivity contribution in [1.29, 1.82) is 0 Å². The van der Waals surface area contributed by atoms with Crippen molar-refractivity contribution in [3.8, 4) is 0 Å². The molecule has 10 heteroatoms. The first-order chi connectivity index (χ1) is 9.85. The number of carbonyl (C=O) groups excluding carboxylic acids is 1. The van der Waals surface area contributed by atoms with Crippen LogP contribution in [0.2, 0.25) is 5.15 Å². The van der Waals surface area contributed by atoms with Gasteiger partial charge in [-0.2, -0.15) is 11.8 Å². The van der Waals surface area contributed by atoms with Crippen LogP contribution < -0.4 is 5.32 Å². The van der Waals surface area contributed by atoms with E-state index in [1.165, 1.54) is 11.8 Å². The first kappa shape index (κ1) is 15.5. The Kier molecular flexibility index (Phi) is 4.33. The molecule has 1 aromatic heterocycles. The molecule has 0 aliphatic carbocycles. The molecule has 112 valence electrons. The number of thioether (sulfide) groups is 1. The molecule has 1 atom stereocenters. The van der Waals surface area contributed by atoms with Gasteiger partial charge in [0.2, 0.25) is 0 Å². The summed E-state index contributed by atoms with van der Waals surface area (Å²) in [4.78, 5) is 37.1. The number of aromatic nitrogens is 1. The van der Waals surface area contributed by atoms with Crippen molar-refractivity contribution in [2.75, 3.05) is 11.5 Å². The van der Waals surface area contributed by atoms with E-state index in [1.807, 2.05) is 0 Å². The summed E-state index contributed by atoms with van der Waals surface area (Å²) in [7, 11) is 0. The number of hydrogen-bond acceptors (Lipinski definition) is 6. The Labute approximate surface area is 128 Å². The predicted molar refractivity (Wildman–Crippen MR) is 75.7 cm³/mol. The van der Waals surface area contributed by atoms with Crippen molar-refractivity contribution in [3.05, 3.63) is 33.1 Å². The monoisotopic (exact) mass is 331 g/mol. The lowest BCUT2D eigenvalue weighted by molar-refractivity contribution is -0.385. The number of pyridine rings is 1. The Morgan fingerprint density at radius 1 is 1.57 bits per heavy atom. The molecule has 1 aliphatic rings. The maximum Gasteiger partial charge on any atom is 0.330 e. The number of aliphatic carboxylic acids is 1. The fraction of sp³-hybridized carbons (Fsp3) is 0.364. The second-order valence-corrected chi connectivity index (χ2v) is 5.90. The van der Waals surface area contributed by atoms with Gasteiger partial charge in [-0.15, -0.1) is 0 Å². The molecule has 0 saturated carbocycles. The van der Waals surface area contributed by atoms with Gasteiger partial charge in [0.1, 0.15) is 16.9 Å². The molecule has 8 nitrogen and oxygen atoms in total. The van der Waals surface area contributed by atoms with E-state index in [9.17, 15) is 24.8 Å². The molecule has 0 bridgehead atoms. The number of carboxylic acid groups (broad SMARTS) is 1. The van der Waals surface area contributed by atoms with Crippen LogP contribution in [0.25, 0.3) is 0 Å². The van der Waals surface area contributed by atoms with Gasteiger partial charge in [-0.25, -0.2) is 9.78 Å². The lowest BCUT2D eigenvalue weighted by Crippen LogP contribution is -2.54. The molecule has 1 amide bonds. The molecule has 1 unspecified atom stereocenters. The zero-order valence-electron chi connectivity index (χ0n) is 10.5. The van der Waals surface area contributed by atoms with Crippen molar-refractivity contribution in [1.82, 2.24) is 10.3 Å². The Hall–Kier alpha value is -1.87. The van der Waals surface area contributed by atoms with Gasteiger partial charge in [0.25, 0.3) is 11.6 Å². The minimum Gasteiger partial charge on any atom is -0.479 e. The van der Waals surface area contributed by atoms with Crippen molar-refractivity contribution >= 4 is 40.9 Å². The normalized spacial score (nSPS) is 21.0. The highest BCUT2D eigenvalue weighted by molar-refractivity contribution is 7.99. The minimum atomic E-state index is -1.38. The predicted octanol–water partition coefficient (Wildman–Crippen LogP) is 1.33. The number of amides is 1. The summed E-state index contributed by atoms with van der Waals surface area (Å²) in [5, 5.41) is 22.2. The first-order valence-electron chi connectivity index (χ1n) is 5.79. The summed E-state index contributed by atoms with van der Waals surface area (Å²) in [6.45, 7) is 0. The number of hydrogen-bond donors (Lipinski definition) is 2. The van der Waals surface area contributed by atoms with Crippen LogP contribution in [0.3, 0.4) is 0 Å². The van der Waals surface area contributed by atoms with Gasteiger partial charge in [0, 0.05) is 11.8 Å². The van der Waals surface area contributed by atoms with Gasteiger partial charge in [-0.05, 0) is 12.2 Å². The molecule has 21 heavy (non-hydrogen) atoms. The molecule has 2 heterocycles. The summed E-state index contributed by atoms with van der Waals surface area (Å²) < 4.78 is 0. The highest BCUT2D eigenvalue weighted by atomic mass is 35.5. The summed E-state index contributed by atoms with van der Waals surface area (Å²) in [5.41, 5.74) is -1.99. The lowest BCUT2D eigenvalue weighted by Gasteiger charge is -2.24. The van der Waals surface area contributed by atoms with Crippen molar-refractivity contribution < 1.29 is 19.6 Å². The smallest absolute Gasteiger partial charge is 0.330 e. The molecule has 0 aromatic carbocycles. The molecule has 1 fully saturated rings. The van der Waals surface area contributed by atoms with Crippen LogP contribution in [-0.4, -0.2) is 43.9 Å². The van der Waals surface area contributed by atoms with Crippen LogP contribution in [0.15, 0.2) is 12.3 Å². The van der Waals surface area contributed by atoms with Gasteiger partial charge in [0.15, 0.2) is 0 Å². The standard InChI is InChI=1S/C11H10ClN3O5S/c12-8-7(3-6(4-13-8)15(19)20)9(16)14-11(10(17)18)1-2-21-5-11/h3-4H,1-2,5H2,(H,14,16)(H,17,18). The summed E-state index contributed by atoms with van der Waals surface area (Å²) in [5.74, 6) is -1.10. The third-order valence-electron chi connectivity index (χ3n) is 3.06. The van der Waals surface area contributed by atoms with Crippen LogP contribution in [0.4, 0.5) is 5.69 Å². The van der Waals surface area contributed by atoms with Crippen molar-refractivity contribution in [2.24, 2.45) is 0 Å². The van der Waals surface area contributed by atoms with Crippen LogP contribution in [-0.2, 0) is 4.79 Å². The van der Waals surface area contributed by atoms with Crippen LogP contribution in [0.1, 0.15) is 16.8 Å². The Balaban J connectivity index is 2.30. The average Bonchev–Trinajstić information content (AvgIpc) is 2.88. The number of nitro groups is 1. The quantitative estimate of drug-likeness (QED) is 0.484. The molecule has 0 radical (unpaired) electrons. The van der Waals surface area contributed by atoms with E-state index in [4.69, 9.17) is 11.6 Å². The van der Waals surface area contributed by atoms with E-state index in [2.05, 4.69) is 10.3 Å². The summed E-state index contributed by atoms with van der Waals surface area (Å²) in [6.07, 6.45) is 1.20. The molecule has 0 spiro atoms. The highest BCUT2D eigenvalue weighted by Crippen LogP contribution is 2.29.